The first-order valence-electron chi connectivity index (χ1n) is 26.4. The normalized spacial score (nSPS) is 38.5. The zero-order chi connectivity index (χ0) is 54.6. The van der Waals surface area contributed by atoms with Gasteiger partial charge in [0.2, 0.25) is 0 Å². The van der Waals surface area contributed by atoms with Crippen molar-refractivity contribution in [2.45, 2.75) is 206 Å². The van der Waals surface area contributed by atoms with Crippen LogP contribution in [0.3, 0.4) is 0 Å². The zero-order valence-corrected chi connectivity index (χ0v) is 46.5. The summed E-state index contributed by atoms with van der Waals surface area (Å²) in [6.07, 6.45) is -4.70. The van der Waals surface area contributed by atoms with E-state index in [4.69, 9.17) is 47.4 Å². The predicted octanol–water partition coefficient (Wildman–Crippen LogP) is 6.73. The van der Waals surface area contributed by atoms with Crippen LogP contribution in [0.25, 0.3) is 10.9 Å². The number of cyclic esters (lactones) is 1. The number of methoxy groups -OCH3 is 2. The smallest absolute Gasteiger partial charge is 0.425 e. The fourth-order valence-corrected chi connectivity index (χ4v) is 12.2. The molecule has 0 radical (unpaired) electrons. The van der Waals surface area contributed by atoms with Crippen LogP contribution in [-0.4, -0.2) is 164 Å². The van der Waals surface area contributed by atoms with Crippen LogP contribution in [0, 0.1) is 23.7 Å². The van der Waals surface area contributed by atoms with Gasteiger partial charge in [-0.25, -0.2) is 15.2 Å². The van der Waals surface area contributed by atoms with Gasteiger partial charge in [-0.2, -0.15) is 0 Å². The molecule has 74 heavy (non-hydrogen) atoms. The maximum Gasteiger partial charge on any atom is 0.425 e. The number of aromatic nitrogens is 1. The number of hydrogen-bond acceptors (Lipinski definition) is 18. The first kappa shape index (κ1) is 58.9. The van der Waals surface area contributed by atoms with Crippen LogP contribution in [0.4, 0.5) is 4.79 Å². The van der Waals surface area contributed by atoms with Crippen LogP contribution >= 0.6 is 0 Å². The third-order valence-corrected chi connectivity index (χ3v) is 16.2. The molecule has 1 aromatic carbocycles. The van der Waals surface area contributed by atoms with E-state index >= 15 is 9.59 Å². The van der Waals surface area contributed by atoms with E-state index in [-0.39, 0.29) is 37.2 Å². The van der Waals surface area contributed by atoms with Gasteiger partial charge in [-0.15, -0.1) is 0 Å². The number of nitrogens with zero attached hydrogens (tertiary/aromatic N) is 3. The molecule has 0 saturated carbocycles. The summed E-state index contributed by atoms with van der Waals surface area (Å²) in [5.41, 5.74) is 1.40. The molecule has 1 aromatic heterocycles. The summed E-state index contributed by atoms with van der Waals surface area (Å²) in [6.45, 7) is 21.1. The molecule has 1 amide bonds. The highest BCUT2D eigenvalue weighted by atomic mass is 16.7. The van der Waals surface area contributed by atoms with Crippen LogP contribution in [0.5, 0.6) is 0 Å². The van der Waals surface area contributed by atoms with Gasteiger partial charge >= 0.3 is 24.0 Å². The van der Waals surface area contributed by atoms with E-state index in [0.717, 1.165) is 16.5 Å². The molecule has 0 aliphatic carbocycles. The Morgan fingerprint density at radius 2 is 1.51 bits per heavy atom. The Morgan fingerprint density at radius 3 is 2.15 bits per heavy atom. The maximum absolute atomic E-state index is 15.3. The molecule has 2 aromatic rings. The van der Waals surface area contributed by atoms with E-state index in [0.29, 0.717) is 25.8 Å². The summed E-state index contributed by atoms with van der Waals surface area (Å²) in [7, 11) is 6.85. The number of esters is 3. The number of ketones is 1. The number of Topliss-reactive ketones (excluding diaryl/α,β-unsaturated/α-hetero) is 1. The molecule has 0 bridgehead atoms. The van der Waals surface area contributed by atoms with Crippen molar-refractivity contribution < 1.29 is 71.3 Å². The van der Waals surface area contributed by atoms with E-state index in [1.165, 1.54) is 33.1 Å². The largest absolute Gasteiger partial charge is 0.458 e. The Hall–Kier alpha value is -4.34. The second-order valence-corrected chi connectivity index (χ2v) is 22.0. The molecule has 414 valence electrons. The predicted molar refractivity (Wildman–Crippen MR) is 272 cm³/mol. The first-order valence-corrected chi connectivity index (χ1v) is 26.4. The van der Waals surface area contributed by atoms with Gasteiger partial charge in [0.1, 0.15) is 23.5 Å². The highest BCUT2D eigenvalue weighted by Gasteiger charge is 2.61. The van der Waals surface area contributed by atoms with Gasteiger partial charge in [0, 0.05) is 70.4 Å². The number of carbonyl (C=O) groups is 5. The summed E-state index contributed by atoms with van der Waals surface area (Å²) in [5.74, 6) is -5.32. The Morgan fingerprint density at radius 1 is 0.851 bits per heavy atom. The van der Waals surface area contributed by atoms with Crippen molar-refractivity contribution >= 4 is 40.7 Å². The zero-order valence-electron chi connectivity index (χ0n) is 46.5. The molecular weight excluding hydrogens is 957 g/mol. The van der Waals surface area contributed by atoms with Gasteiger partial charge in [0.05, 0.1) is 47.5 Å². The van der Waals surface area contributed by atoms with Crippen molar-refractivity contribution in [2.75, 3.05) is 34.9 Å². The number of hydrazine groups is 1. The Labute approximate surface area is 437 Å². The van der Waals surface area contributed by atoms with Gasteiger partial charge in [0.25, 0.3) is 0 Å². The van der Waals surface area contributed by atoms with E-state index in [1.54, 1.807) is 33.9 Å². The van der Waals surface area contributed by atoms with Crippen LogP contribution in [0.15, 0.2) is 36.5 Å². The fourth-order valence-electron chi connectivity index (χ4n) is 12.2. The van der Waals surface area contributed by atoms with Crippen molar-refractivity contribution in [3.63, 3.8) is 0 Å². The van der Waals surface area contributed by atoms with E-state index in [2.05, 4.69) is 10.4 Å². The molecule has 5 heterocycles. The Bertz CT molecular complexity index is 2280. The molecule has 5 unspecified atom stereocenters. The molecule has 4 fully saturated rings. The number of pyridine rings is 1. The second kappa shape index (κ2) is 24.3. The minimum absolute atomic E-state index is 0.0881. The van der Waals surface area contributed by atoms with Crippen molar-refractivity contribution in [2.24, 2.45) is 23.7 Å². The van der Waals surface area contributed by atoms with Gasteiger partial charge < -0.3 is 52.3 Å². The van der Waals surface area contributed by atoms with Crippen molar-refractivity contribution in [1.29, 1.82) is 0 Å². The van der Waals surface area contributed by atoms with Gasteiger partial charge in [-0.3, -0.25) is 24.2 Å². The van der Waals surface area contributed by atoms with Gasteiger partial charge in [0.15, 0.2) is 30.4 Å². The average molecular weight is 1040 g/mol. The highest BCUT2D eigenvalue weighted by Crippen LogP contribution is 2.45. The number of hydrogen-bond donors (Lipinski definition) is 1. The van der Waals surface area contributed by atoms with Gasteiger partial charge in [-0.05, 0) is 105 Å². The lowest BCUT2D eigenvalue weighted by Crippen LogP contribution is -2.62. The Kier molecular flexibility index (Phi) is 19.4. The molecule has 6 rings (SSSR count). The summed E-state index contributed by atoms with van der Waals surface area (Å²) in [6, 6.07) is 8.68. The molecule has 18 atom stereocenters. The van der Waals surface area contributed by atoms with Crippen LogP contribution < -0.4 is 5.43 Å². The fraction of sp³-hybridized carbons (Fsp3) is 0.745. The minimum Gasteiger partial charge on any atom is -0.458 e. The number of benzene rings is 1. The monoisotopic (exact) mass is 1040 g/mol. The van der Waals surface area contributed by atoms with E-state index < -0.39 is 120 Å². The third kappa shape index (κ3) is 12.6. The number of para-hydroxylation sites is 1. The van der Waals surface area contributed by atoms with Gasteiger partial charge in [-0.1, -0.05) is 45.9 Å². The number of likely N-dealkylation sites (N-methyl/N-ethyl adjacent to an activating group) is 1. The Balaban J connectivity index is 1.42. The maximum atomic E-state index is 15.3. The quantitative estimate of drug-likeness (QED) is 0.111. The standard InChI is InChI=1S/C55H84N4O15/c1-17-42-55(12)47(59(52(64)74-55)57-25-20-21-38-24-26-56-40-23-19-18-22-39(38)40)32(4)44(62)30(2)28-53(10,65-15)48(73-51-46(69-36(8)60)41(58(13)14)27-31(3)67-51)33(5)45(34(6)50(63)71-42)72-43-29-54(11,66-16)49(35(7)68-43)70-37(9)61/h18-19,22-24,26,30-35,41-43,45-49,51,57H,17,20-21,25,27-29H2,1-16H3/t30-,31-,32+,33+,34-,35?,41+,42-,43?,45?,46-,47-,48-,49?,51+,53-,54?,55-/m1/s1. The second-order valence-electron chi connectivity index (χ2n) is 22.0. The minimum atomic E-state index is -1.51. The lowest BCUT2D eigenvalue weighted by molar-refractivity contribution is -0.320. The molecule has 19 nitrogen and oxygen atoms in total. The van der Waals surface area contributed by atoms with E-state index in [9.17, 15) is 14.4 Å². The topological polar surface area (TPSA) is 209 Å². The lowest BCUT2D eigenvalue weighted by Gasteiger charge is -2.50. The molecule has 4 aliphatic rings. The third-order valence-electron chi connectivity index (χ3n) is 16.2. The molecule has 4 aliphatic heterocycles. The molecule has 4 saturated heterocycles. The summed E-state index contributed by atoms with van der Waals surface area (Å²) in [5, 5.41) is 2.45. The summed E-state index contributed by atoms with van der Waals surface area (Å²) < 4.78 is 64.4. The first-order chi connectivity index (χ1) is 34.8. The highest BCUT2D eigenvalue weighted by molar-refractivity contribution is 5.85. The summed E-state index contributed by atoms with van der Waals surface area (Å²) >= 11 is 0. The summed E-state index contributed by atoms with van der Waals surface area (Å²) in [4.78, 5) is 76.2. The average Bonchev–Trinajstić information content (AvgIpc) is 3.61. The number of nitrogens with one attached hydrogen (secondary N) is 1. The van der Waals surface area contributed by atoms with Crippen LogP contribution in [-0.2, 0) is 73.0 Å². The number of fused-ring (bicyclic) bond motifs is 2. The van der Waals surface area contributed by atoms with Crippen molar-refractivity contribution in [3.05, 3.63) is 42.1 Å². The van der Waals surface area contributed by atoms with Crippen LogP contribution in [0.2, 0.25) is 0 Å². The molecule has 19 heteroatoms. The number of amides is 1. The van der Waals surface area contributed by atoms with E-state index in [1.807, 2.05) is 90.9 Å². The number of aryl methyl sites for hydroxylation is 1. The number of carbonyl (C=O) groups excluding carboxylic acids is 5. The molecule has 0 spiro atoms. The molecular formula is C55H84N4O15. The SMILES string of the molecule is CC[C@H]1OC(=O)[C@H](C)C(OC2CC(C)(OC)C(OC(C)=O)C(C)O2)[C@H](C)[C@@H](O[C@@H]2O[C@H](C)C[C@H](N(C)C)[C@H]2OC(C)=O)[C@](C)(OC)C[C@@H](C)C(=O)[C@H](C)[C@H]2N(NCCCc3ccnc4ccccc34)C(=O)O[C@]12C. The molecule has 1 N–H and O–H groups in total. The van der Waals surface area contributed by atoms with Crippen LogP contribution in [0.1, 0.15) is 121 Å². The lowest BCUT2D eigenvalue weighted by atomic mass is 9.73. The van der Waals surface area contributed by atoms with Crippen molar-refractivity contribution in [1.82, 2.24) is 20.3 Å². The number of rotatable bonds is 15. The number of ether oxygens (including phenoxy) is 10. The van der Waals surface area contributed by atoms with Crippen molar-refractivity contribution in [3.8, 4) is 0 Å².